The Labute approximate surface area is 260 Å². The fourth-order valence-electron chi connectivity index (χ4n) is 4.97. The van der Waals surface area contributed by atoms with Crippen LogP contribution >= 0.6 is 24.4 Å². The second-order valence-corrected chi connectivity index (χ2v) is 12.4. The number of benzene rings is 2. The van der Waals surface area contributed by atoms with Gasteiger partial charge in [0, 0.05) is 54.4 Å². The summed E-state index contributed by atoms with van der Waals surface area (Å²) in [5.41, 5.74) is 3.19. The fraction of sp³-hybridized carbons (Fsp3) is 0.344. The molecule has 2 aromatic carbocycles. The van der Waals surface area contributed by atoms with Gasteiger partial charge in [0.1, 0.15) is 0 Å². The summed E-state index contributed by atoms with van der Waals surface area (Å²) in [6.07, 6.45) is 7.32. The smallest absolute Gasteiger partial charge is 0.264 e. The average molecular weight is 617 g/mol. The summed E-state index contributed by atoms with van der Waals surface area (Å²) in [4.78, 5) is 50.5. The van der Waals surface area contributed by atoms with Crippen LogP contribution in [0.4, 0.5) is 0 Å². The van der Waals surface area contributed by atoms with Crippen LogP contribution in [-0.4, -0.2) is 48.7 Å². The molecule has 2 aliphatic rings. The predicted octanol–water partition coefficient (Wildman–Crippen LogP) is 4.56. The van der Waals surface area contributed by atoms with Crippen LogP contribution in [0, 0.1) is 0 Å². The van der Waals surface area contributed by atoms with Gasteiger partial charge in [0.25, 0.3) is 11.1 Å². The zero-order chi connectivity index (χ0) is 30.2. The standard InChI is InChI=1S/C28H32N4O2S2.C4H4N2O/c1-19(20-8-3-2-4-9-20)29-16-14-26(33)31-17-15-23-22(18-31)27(34)32(24-12-5-6-13-25(24)35)28(30-23)36-21-10-7-11-21;7-4-1-2-5-3-6-4/h2-6,8-9,12-13,19,21,29,35H,7,10-11,14-18H2,1H3;1-3H,(H,5,6,7)/t19-;/m0./s1. The van der Waals surface area contributed by atoms with E-state index in [9.17, 15) is 14.4 Å². The number of hydrogen-bond donors (Lipinski definition) is 3. The van der Waals surface area contributed by atoms with Gasteiger partial charge >= 0.3 is 0 Å². The van der Waals surface area contributed by atoms with Crippen LogP contribution in [0.3, 0.4) is 0 Å². The van der Waals surface area contributed by atoms with E-state index in [1.165, 1.54) is 30.6 Å². The molecule has 224 valence electrons. The number of amides is 1. The molecular weight excluding hydrogens is 581 g/mol. The van der Waals surface area contributed by atoms with E-state index in [-0.39, 0.29) is 23.1 Å². The molecule has 1 amide bonds. The number of aromatic amines is 1. The molecule has 0 radical (unpaired) electrons. The van der Waals surface area contributed by atoms with Gasteiger partial charge in [-0.1, -0.05) is 60.6 Å². The van der Waals surface area contributed by atoms with E-state index < -0.39 is 0 Å². The van der Waals surface area contributed by atoms with E-state index >= 15 is 0 Å². The highest BCUT2D eigenvalue weighted by Gasteiger charge is 2.29. The van der Waals surface area contributed by atoms with Crippen molar-refractivity contribution < 1.29 is 4.79 Å². The summed E-state index contributed by atoms with van der Waals surface area (Å²) in [6, 6.07) is 19.4. The molecule has 1 aliphatic carbocycles. The number of nitrogens with zero attached hydrogens (tertiary/aromatic N) is 4. The Kier molecular flexibility index (Phi) is 10.5. The maximum atomic E-state index is 13.8. The van der Waals surface area contributed by atoms with Gasteiger partial charge in [-0.05, 0) is 37.5 Å². The van der Waals surface area contributed by atoms with Crippen molar-refractivity contribution in [3.63, 3.8) is 0 Å². The first kappa shape index (κ1) is 30.8. The second kappa shape index (κ2) is 14.7. The lowest BCUT2D eigenvalue weighted by molar-refractivity contribution is -0.132. The molecule has 9 nitrogen and oxygen atoms in total. The predicted molar refractivity (Wildman–Crippen MR) is 172 cm³/mol. The van der Waals surface area contributed by atoms with Crippen LogP contribution in [0.25, 0.3) is 5.69 Å². The van der Waals surface area contributed by atoms with Crippen molar-refractivity contribution in [2.24, 2.45) is 0 Å². The first-order valence-corrected chi connectivity index (χ1v) is 15.9. The van der Waals surface area contributed by atoms with Crippen molar-refractivity contribution >= 4 is 30.3 Å². The molecule has 1 aliphatic heterocycles. The Bertz CT molecular complexity index is 1640. The molecule has 2 aromatic heterocycles. The Hall–Kier alpha value is -3.67. The van der Waals surface area contributed by atoms with Crippen LogP contribution in [0.1, 0.15) is 55.5 Å². The normalized spacial score (nSPS) is 15.1. The molecule has 11 heteroatoms. The van der Waals surface area contributed by atoms with Gasteiger partial charge in [-0.25, -0.2) is 9.97 Å². The molecule has 6 rings (SSSR count). The number of rotatable bonds is 8. The fourth-order valence-corrected chi connectivity index (χ4v) is 6.54. The zero-order valence-corrected chi connectivity index (χ0v) is 25.8. The molecule has 0 unspecified atom stereocenters. The van der Waals surface area contributed by atoms with Gasteiger partial charge in [-0.3, -0.25) is 19.0 Å². The van der Waals surface area contributed by atoms with Gasteiger partial charge in [-0.15, -0.1) is 12.6 Å². The number of nitrogens with one attached hydrogen (secondary N) is 2. The summed E-state index contributed by atoms with van der Waals surface area (Å²) in [5.74, 6) is 0.0573. The Morgan fingerprint density at radius 3 is 2.53 bits per heavy atom. The minimum Gasteiger partial charge on any atom is -0.338 e. The first-order valence-electron chi connectivity index (χ1n) is 14.6. The number of carbonyl (C=O) groups is 1. The summed E-state index contributed by atoms with van der Waals surface area (Å²) < 4.78 is 1.71. The molecule has 2 N–H and O–H groups in total. The van der Waals surface area contributed by atoms with Crippen molar-refractivity contribution in [3.05, 3.63) is 111 Å². The molecule has 0 spiro atoms. The summed E-state index contributed by atoms with van der Waals surface area (Å²) in [7, 11) is 0. The third kappa shape index (κ3) is 7.84. The minimum absolute atomic E-state index is 0.0573. The lowest BCUT2D eigenvalue weighted by atomic mass is 10.0. The van der Waals surface area contributed by atoms with E-state index in [4.69, 9.17) is 4.98 Å². The van der Waals surface area contributed by atoms with Gasteiger partial charge < -0.3 is 15.2 Å². The molecule has 0 bridgehead atoms. The van der Waals surface area contributed by atoms with E-state index in [0.29, 0.717) is 43.3 Å². The largest absolute Gasteiger partial charge is 0.338 e. The lowest BCUT2D eigenvalue weighted by Crippen LogP contribution is -2.42. The highest BCUT2D eigenvalue weighted by molar-refractivity contribution is 7.99. The highest BCUT2D eigenvalue weighted by Crippen LogP contribution is 2.37. The molecular formula is C32H36N6O3S2. The molecule has 1 atom stereocenters. The van der Waals surface area contributed by atoms with E-state index in [2.05, 4.69) is 47.0 Å². The SMILES string of the molecule is C[C@H](NCCC(=O)N1CCc2nc(SC3CCC3)n(-c3ccccc3S)c(=O)c2C1)c1ccccc1.O=c1ccnc[nH]1. The summed E-state index contributed by atoms with van der Waals surface area (Å²) in [5, 5.41) is 4.68. The van der Waals surface area contributed by atoms with Crippen LogP contribution in [0.2, 0.25) is 0 Å². The maximum absolute atomic E-state index is 13.8. The Balaban J connectivity index is 0.000000463. The van der Waals surface area contributed by atoms with Gasteiger partial charge in [0.2, 0.25) is 5.91 Å². The molecule has 1 fully saturated rings. The quantitative estimate of drug-likeness (QED) is 0.197. The van der Waals surface area contributed by atoms with Crippen LogP contribution in [0.5, 0.6) is 0 Å². The van der Waals surface area contributed by atoms with E-state index in [1.54, 1.807) is 21.2 Å². The van der Waals surface area contributed by atoms with Gasteiger partial charge in [0.15, 0.2) is 5.16 Å². The zero-order valence-electron chi connectivity index (χ0n) is 24.1. The number of hydrogen-bond acceptors (Lipinski definition) is 8. The number of thioether (sulfide) groups is 1. The van der Waals surface area contributed by atoms with Gasteiger partial charge in [-0.2, -0.15) is 0 Å². The summed E-state index contributed by atoms with van der Waals surface area (Å²) in [6.45, 7) is 3.58. The maximum Gasteiger partial charge on any atom is 0.264 e. The third-order valence-corrected chi connectivity index (χ3v) is 9.35. The van der Waals surface area contributed by atoms with Crippen molar-refractivity contribution in [2.75, 3.05) is 13.1 Å². The Morgan fingerprint density at radius 1 is 1.12 bits per heavy atom. The van der Waals surface area contributed by atoms with Crippen LogP contribution in [0.15, 0.2) is 92.8 Å². The van der Waals surface area contributed by atoms with E-state index in [0.717, 1.165) is 34.3 Å². The number of thiol groups is 1. The lowest BCUT2D eigenvalue weighted by Gasteiger charge is -2.30. The molecule has 0 saturated heterocycles. The average Bonchev–Trinajstić information content (AvgIpc) is 3.00. The number of aromatic nitrogens is 4. The number of H-pyrrole nitrogens is 1. The highest BCUT2D eigenvalue weighted by atomic mass is 32.2. The minimum atomic E-state index is -0.116. The molecule has 4 aromatic rings. The first-order chi connectivity index (χ1) is 20.9. The van der Waals surface area contributed by atoms with Gasteiger partial charge in [0.05, 0.1) is 29.8 Å². The molecule has 43 heavy (non-hydrogen) atoms. The van der Waals surface area contributed by atoms with Crippen molar-refractivity contribution in [1.29, 1.82) is 0 Å². The van der Waals surface area contributed by atoms with Crippen molar-refractivity contribution in [1.82, 2.24) is 29.7 Å². The summed E-state index contributed by atoms with van der Waals surface area (Å²) >= 11 is 6.32. The number of fused-ring (bicyclic) bond motifs is 1. The molecule has 1 saturated carbocycles. The second-order valence-electron chi connectivity index (χ2n) is 10.6. The van der Waals surface area contributed by atoms with Crippen LogP contribution in [-0.2, 0) is 17.8 Å². The molecule has 3 heterocycles. The Morgan fingerprint density at radius 2 is 1.88 bits per heavy atom. The van der Waals surface area contributed by atoms with Crippen molar-refractivity contribution in [3.8, 4) is 5.69 Å². The monoisotopic (exact) mass is 616 g/mol. The number of para-hydroxylation sites is 1. The van der Waals surface area contributed by atoms with Crippen molar-refractivity contribution in [2.45, 2.75) is 66.9 Å². The topological polar surface area (TPSA) is 113 Å². The van der Waals surface area contributed by atoms with E-state index in [1.807, 2.05) is 42.5 Å². The third-order valence-electron chi connectivity index (χ3n) is 7.68. The number of carbonyl (C=O) groups excluding carboxylic acids is 1. The van der Waals surface area contributed by atoms with Crippen LogP contribution < -0.4 is 16.4 Å².